The first-order valence-electron chi connectivity index (χ1n) is 8.45. The molecule has 3 heterocycles. The van der Waals surface area contributed by atoms with Gasteiger partial charge in [0.1, 0.15) is 5.76 Å². The number of hydrogen-bond donors (Lipinski definition) is 2. The second-order valence-electron chi connectivity index (χ2n) is 6.70. The van der Waals surface area contributed by atoms with Gasteiger partial charge in [-0.3, -0.25) is 10.7 Å². The van der Waals surface area contributed by atoms with Gasteiger partial charge in [-0.15, -0.1) is 0 Å². The van der Waals surface area contributed by atoms with E-state index >= 15 is 0 Å². The van der Waals surface area contributed by atoms with E-state index in [4.69, 9.17) is 10.3 Å². The summed E-state index contributed by atoms with van der Waals surface area (Å²) in [5.41, 5.74) is 13.6. The van der Waals surface area contributed by atoms with Crippen LogP contribution < -0.4 is 5.73 Å². The van der Waals surface area contributed by atoms with E-state index in [-0.39, 0.29) is 5.82 Å². The number of nitrogens with one attached hydrogen (secondary N) is 1. The van der Waals surface area contributed by atoms with Crippen LogP contribution in [0.2, 0.25) is 0 Å². The molecule has 1 unspecified atom stereocenters. The molecule has 0 fully saturated rings. The van der Waals surface area contributed by atoms with Crippen LogP contribution >= 0.6 is 0 Å². The Bertz CT molecular complexity index is 1070. The Kier molecular flexibility index (Phi) is 3.77. The monoisotopic (exact) mass is 353 g/mol. The number of aryl methyl sites for hydroxylation is 2. The topological polar surface area (TPSA) is 93.1 Å². The molecule has 4 rings (SSSR count). The van der Waals surface area contributed by atoms with Crippen LogP contribution in [0.15, 0.2) is 27.2 Å². The van der Waals surface area contributed by atoms with Crippen molar-refractivity contribution in [2.45, 2.75) is 34.0 Å². The Labute approximate surface area is 150 Å². The lowest BCUT2D eigenvalue weighted by molar-refractivity contribution is 0.341. The number of hydrogen-bond acceptors (Lipinski definition) is 5. The van der Waals surface area contributed by atoms with Gasteiger partial charge in [-0.1, -0.05) is 5.16 Å². The maximum absolute atomic E-state index is 13.7. The minimum absolute atomic E-state index is 0.114. The number of halogens is 1. The summed E-state index contributed by atoms with van der Waals surface area (Å²) < 4.78 is 19.0. The highest BCUT2D eigenvalue weighted by molar-refractivity contribution is 6.27. The van der Waals surface area contributed by atoms with Crippen LogP contribution in [0, 0.1) is 13.8 Å². The molecule has 1 atom stereocenters. The van der Waals surface area contributed by atoms with Gasteiger partial charge < -0.3 is 9.51 Å². The highest BCUT2D eigenvalue weighted by atomic mass is 19.1. The number of H-pyrrole nitrogens is 1. The number of benzene rings is 1. The van der Waals surface area contributed by atoms with E-state index in [9.17, 15) is 4.39 Å². The van der Waals surface area contributed by atoms with E-state index in [0.29, 0.717) is 12.1 Å². The summed E-state index contributed by atoms with van der Waals surface area (Å²) >= 11 is 0. The highest BCUT2D eigenvalue weighted by Crippen LogP contribution is 2.36. The number of rotatable bonds is 3. The van der Waals surface area contributed by atoms with Gasteiger partial charge in [-0.2, -0.15) is 0 Å². The highest BCUT2D eigenvalue weighted by Gasteiger charge is 2.23. The summed E-state index contributed by atoms with van der Waals surface area (Å²) in [7, 11) is 0. The summed E-state index contributed by atoms with van der Waals surface area (Å²) in [6, 6.07) is 3.98. The minimum atomic E-state index is -1.66. The Hall–Kier alpha value is -2.80. The SMILES string of the molecule is CC1=NCC(C)=C1c1cc(-c2c(C)noc2C)cc2[nH]c(C(N)F)nc12. The molecule has 134 valence electrons. The molecule has 0 aliphatic carbocycles. The average molecular weight is 353 g/mol. The summed E-state index contributed by atoms with van der Waals surface area (Å²) in [6.45, 7) is 8.48. The number of nitrogens with zero attached hydrogens (tertiary/aromatic N) is 3. The van der Waals surface area contributed by atoms with Gasteiger partial charge in [0.15, 0.2) is 5.82 Å². The lowest BCUT2D eigenvalue weighted by Crippen LogP contribution is -2.05. The number of aliphatic imine (C=N–C) groups is 1. The van der Waals surface area contributed by atoms with Crippen LogP contribution in [-0.2, 0) is 0 Å². The smallest absolute Gasteiger partial charge is 0.206 e. The van der Waals surface area contributed by atoms with E-state index in [1.807, 2.05) is 32.9 Å². The van der Waals surface area contributed by atoms with Crippen molar-refractivity contribution in [3.63, 3.8) is 0 Å². The molecule has 6 nitrogen and oxygen atoms in total. The lowest BCUT2D eigenvalue weighted by atomic mass is 9.93. The van der Waals surface area contributed by atoms with Gasteiger partial charge in [-0.05, 0) is 51.0 Å². The standard InChI is InChI=1S/C19H20FN5O/c1-8-7-22-9(2)15(8)13-5-12(16-10(3)25-26-11(16)4)6-14-17(13)24-19(23-14)18(20)21/h5-6,18H,7,21H2,1-4H3,(H,23,24). The maximum atomic E-state index is 13.7. The molecular formula is C19H20FN5O. The van der Waals surface area contributed by atoms with Gasteiger partial charge in [0, 0.05) is 22.4 Å². The van der Waals surface area contributed by atoms with Crippen LogP contribution in [0.3, 0.4) is 0 Å². The first-order chi connectivity index (χ1) is 12.4. The Balaban J connectivity index is 2.05. The van der Waals surface area contributed by atoms with Crippen LogP contribution in [-0.4, -0.2) is 27.4 Å². The van der Waals surface area contributed by atoms with Crippen LogP contribution in [0.1, 0.15) is 43.0 Å². The minimum Gasteiger partial charge on any atom is -0.361 e. The zero-order valence-corrected chi connectivity index (χ0v) is 15.1. The normalized spacial score (nSPS) is 15.8. The van der Waals surface area contributed by atoms with Gasteiger partial charge in [0.2, 0.25) is 6.30 Å². The molecule has 3 aromatic rings. The molecule has 0 spiro atoms. The molecule has 0 bridgehead atoms. The molecule has 0 radical (unpaired) electrons. The van der Waals surface area contributed by atoms with Crippen molar-refractivity contribution in [2.75, 3.05) is 6.54 Å². The number of aromatic nitrogens is 3. The van der Waals surface area contributed by atoms with Crippen LogP contribution in [0.25, 0.3) is 27.7 Å². The summed E-state index contributed by atoms with van der Waals surface area (Å²) in [6.07, 6.45) is -1.66. The summed E-state index contributed by atoms with van der Waals surface area (Å²) in [5.74, 6) is 0.847. The van der Waals surface area contributed by atoms with E-state index in [0.717, 1.165) is 50.5 Å². The predicted octanol–water partition coefficient (Wildman–Crippen LogP) is 4.01. The summed E-state index contributed by atoms with van der Waals surface area (Å²) in [4.78, 5) is 11.9. The lowest BCUT2D eigenvalue weighted by Gasteiger charge is -2.10. The molecule has 1 aliphatic heterocycles. The molecule has 0 saturated carbocycles. The number of allylic oxidation sites excluding steroid dienone is 1. The molecule has 3 N–H and O–H groups in total. The van der Waals surface area contributed by atoms with Crippen molar-refractivity contribution in [1.29, 1.82) is 0 Å². The third kappa shape index (κ3) is 2.47. The predicted molar refractivity (Wildman–Crippen MR) is 99.7 cm³/mol. The zero-order chi connectivity index (χ0) is 18.6. The molecule has 1 aliphatic rings. The van der Waals surface area contributed by atoms with Crippen molar-refractivity contribution in [3.8, 4) is 11.1 Å². The van der Waals surface area contributed by atoms with Crippen LogP contribution in [0.5, 0.6) is 0 Å². The second kappa shape index (κ2) is 5.88. The molecule has 2 aromatic heterocycles. The molecule has 0 amide bonds. The third-order valence-corrected chi connectivity index (χ3v) is 4.80. The molecule has 0 saturated heterocycles. The Morgan fingerprint density at radius 2 is 2.00 bits per heavy atom. The zero-order valence-electron chi connectivity index (χ0n) is 15.1. The van der Waals surface area contributed by atoms with E-state index in [1.165, 1.54) is 0 Å². The summed E-state index contributed by atoms with van der Waals surface area (Å²) in [5, 5.41) is 4.05. The van der Waals surface area contributed by atoms with Gasteiger partial charge in [0.25, 0.3) is 0 Å². The van der Waals surface area contributed by atoms with Crippen molar-refractivity contribution in [2.24, 2.45) is 10.7 Å². The van der Waals surface area contributed by atoms with Crippen LogP contribution in [0.4, 0.5) is 4.39 Å². The first-order valence-corrected chi connectivity index (χ1v) is 8.45. The van der Waals surface area contributed by atoms with E-state index < -0.39 is 6.30 Å². The third-order valence-electron chi connectivity index (χ3n) is 4.80. The van der Waals surface area contributed by atoms with Gasteiger partial charge >= 0.3 is 0 Å². The van der Waals surface area contributed by atoms with Gasteiger partial charge in [0.05, 0.1) is 23.3 Å². The second-order valence-corrected chi connectivity index (χ2v) is 6.70. The average Bonchev–Trinajstić information content (AvgIpc) is 3.25. The fourth-order valence-corrected chi connectivity index (χ4v) is 3.63. The molecular weight excluding hydrogens is 333 g/mol. The Morgan fingerprint density at radius 1 is 1.23 bits per heavy atom. The number of alkyl halides is 1. The molecule has 1 aromatic carbocycles. The van der Waals surface area contributed by atoms with Crippen molar-refractivity contribution in [1.82, 2.24) is 15.1 Å². The van der Waals surface area contributed by atoms with Crippen molar-refractivity contribution >= 4 is 22.3 Å². The van der Waals surface area contributed by atoms with E-state index in [1.54, 1.807) is 0 Å². The maximum Gasteiger partial charge on any atom is 0.206 e. The fraction of sp³-hybridized carbons (Fsp3) is 0.316. The van der Waals surface area contributed by atoms with Gasteiger partial charge in [-0.25, -0.2) is 9.37 Å². The number of imidazole rings is 1. The van der Waals surface area contributed by atoms with Crippen molar-refractivity contribution < 1.29 is 8.91 Å². The fourth-order valence-electron chi connectivity index (χ4n) is 3.63. The number of nitrogens with two attached hydrogens (primary N) is 1. The van der Waals surface area contributed by atoms with E-state index in [2.05, 4.69) is 27.0 Å². The Morgan fingerprint density at radius 3 is 2.58 bits per heavy atom. The molecule has 26 heavy (non-hydrogen) atoms. The number of fused-ring (bicyclic) bond motifs is 1. The number of aromatic amines is 1. The van der Waals surface area contributed by atoms with Crippen molar-refractivity contribution in [3.05, 3.63) is 40.5 Å². The molecule has 7 heteroatoms. The quantitative estimate of drug-likeness (QED) is 0.696. The first kappa shape index (κ1) is 16.7. The largest absolute Gasteiger partial charge is 0.361 e.